The molecule has 0 radical (unpaired) electrons. The molecule has 0 spiro atoms. The van der Waals surface area contributed by atoms with Crippen molar-refractivity contribution in [2.24, 2.45) is 5.92 Å². The number of rotatable bonds is 5. The molecule has 2 aromatic rings. The molecule has 1 fully saturated rings. The van der Waals surface area contributed by atoms with Crippen molar-refractivity contribution in [1.29, 1.82) is 0 Å². The van der Waals surface area contributed by atoms with Gasteiger partial charge in [0.1, 0.15) is 11.4 Å². The average Bonchev–Trinajstić information content (AvgIpc) is 3.28. The number of carbonyl (C=O) groups is 1. The van der Waals surface area contributed by atoms with Gasteiger partial charge in [0.05, 0.1) is 18.5 Å². The van der Waals surface area contributed by atoms with Crippen molar-refractivity contribution in [1.82, 2.24) is 10.2 Å². The Labute approximate surface area is 130 Å². The number of H-pyrrole nitrogens is 1. The van der Waals surface area contributed by atoms with Crippen molar-refractivity contribution in [2.45, 2.75) is 32.6 Å². The first-order valence-corrected chi connectivity index (χ1v) is 7.64. The number of benzene rings is 1. The van der Waals surface area contributed by atoms with Gasteiger partial charge in [-0.1, -0.05) is 26.0 Å². The van der Waals surface area contributed by atoms with Gasteiger partial charge in [0, 0.05) is 17.4 Å². The Kier molecular flexibility index (Phi) is 3.88. The maximum Gasteiger partial charge on any atom is 0.227 e. The molecule has 0 saturated heterocycles. The molecule has 0 aliphatic heterocycles. The number of nitrogens with zero attached hydrogens (tertiary/aromatic N) is 1. The summed E-state index contributed by atoms with van der Waals surface area (Å²) in [6.07, 6.45) is 2.27. The summed E-state index contributed by atoms with van der Waals surface area (Å²) < 4.78 is 5.43. The molecule has 5 heteroatoms. The van der Waals surface area contributed by atoms with Crippen LogP contribution in [0.15, 0.2) is 24.3 Å². The number of aromatic amines is 1. The van der Waals surface area contributed by atoms with Gasteiger partial charge in [-0.2, -0.15) is 5.10 Å². The first kappa shape index (κ1) is 14.6. The molecular formula is C17H21N3O2. The lowest BCUT2D eigenvalue weighted by Gasteiger charge is -2.12. The summed E-state index contributed by atoms with van der Waals surface area (Å²) in [6.45, 7) is 3.77. The van der Waals surface area contributed by atoms with Crippen LogP contribution in [-0.4, -0.2) is 23.2 Å². The van der Waals surface area contributed by atoms with Crippen LogP contribution >= 0.6 is 0 Å². The number of para-hydroxylation sites is 1. The summed E-state index contributed by atoms with van der Waals surface area (Å²) in [5, 5.41) is 10.6. The summed E-state index contributed by atoms with van der Waals surface area (Å²) in [4.78, 5) is 12.2. The maximum absolute atomic E-state index is 12.2. The van der Waals surface area contributed by atoms with Crippen LogP contribution in [0.5, 0.6) is 5.75 Å². The van der Waals surface area contributed by atoms with Gasteiger partial charge in [0.25, 0.3) is 0 Å². The van der Waals surface area contributed by atoms with Crippen molar-refractivity contribution in [3.63, 3.8) is 0 Å². The number of amides is 1. The zero-order valence-electron chi connectivity index (χ0n) is 13.1. The van der Waals surface area contributed by atoms with E-state index in [0.29, 0.717) is 5.92 Å². The molecule has 5 nitrogen and oxygen atoms in total. The van der Waals surface area contributed by atoms with Gasteiger partial charge in [-0.15, -0.1) is 0 Å². The molecule has 1 heterocycles. The van der Waals surface area contributed by atoms with Crippen molar-refractivity contribution in [3.05, 3.63) is 30.0 Å². The fraction of sp³-hybridized carbons (Fsp3) is 0.412. The van der Waals surface area contributed by atoms with Crippen LogP contribution in [0.25, 0.3) is 11.3 Å². The van der Waals surface area contributed by atoms with E-state index < -0.39 is 0 Å². The Morgan fingerprint density at radius 1 is 1.36 bits per heavy atom. The third kappa shape index (κ3) is 2.71. The molecule has 2 N–H and O–H groups in total. The summed E-state index contributed by atoms with van der Waals surface area (Å²) >= 11 is 0. The van der Waals surface area contributed by atoms with E-state index >= 15 is 0 Å². The van der Waals surface area contributed by atoms with Gasteiger partial charge in [-0.05, 0) is 25.0 Å². The van der Waals surface area contributed by atoms with Crippen molar-refractivity contribution < 1.29 is 9.53 Å². The molecule has 0 atom stereocenters. The van der Waals surface area contributed by atoms with E-state index in [9.17, 15) is 4.79 Å². The number of nitrogens with one attached hydrogen (secondary N) is 2. The predicted molar refractivity (Wildman–Crippen MR) is 86.0 cm³/mol. The number of aromatic nitrogens is 2. The monoisotopic (exact) mass is 299 g/mol. The summed E-state index contributed by atoms with van der Waals surface area (Å²) in [5.41, 5.74) is 3.45. The summed E-state index contributed by atoms with van der Waals surface area (Å²) in [5.74, 6) is 1.14. The lowest BCUT2D eigenvalue weighted by molar-refractivity contribution is -0.118. The molecule has 116 valence electrons. The van der Waals surface area contributed by atoms with Crippen LogP contribution in [0.1, 0.15) is 38.3 Å². The highest BCUT2D eigenvalue weighted by Crippen LogP contribution is 2.46. The van der Waals surface area contributed by atoms with Gasteiger partial charge in [0.15, 0.2) is 0 Å². The number of ether oxygens (including phenoxy) is 1. The third-order valence-electron chi connectivity index (χ3n) is 3.91. The lowest BCUT2D eigenvalue weighted by atomic mass is 10.1. The molecule has 0 unspecified atom stereocenters. The van der Waals surface area contributed by atoms with Gasteiger partial charge >= 0.3 is 0 Å². The number of carbonyl (C=O) groups excluding carboxylic acids is 1. The quantitative estimate of drug-likeness (QED) is 0.887. The van der Waals surface area contributed by atoms with Crippen molar-refractivity contribution >= 4 is 11.6 Å². The molecule has 3 rings (SSSR count). The molecule has 1 aliphatic carbocycles. The Morgan fingerprint density at radius 3 is 2.73 bits per heavy atom. The highest BCUT2D eigenvalue weighted by atomic mass is 16.5. The maximum atomic E-state index is 12.2. The Hall–Kier alpha value is -2.30. The molecule has 1 saturated carbocycles. The zero-order valence-corrected chi connectivity index (χ0v) is 13.1. The number of anilines is 1. The van der Waals surface area contributed by atoms with E-state index in [0.717, 1.165) is 41.2 Å². The highest BCUT2D eigenvalue weighted by molar-refractivity contribution is 5.97. The summed E-state index contributed by atoms with van der Waals surface area (Å²) in [7, 11) is 1.64. The van der Waals surface area contributed by atoms with Crippen LogP contribution in [0.4, 0.5) is 5.69 Å². The zero-order chi connectivity index (χ0) is 15.7. The Morgan fingerprint density at radius 2 is 2.09 bits per heavy atom. The Balaban J connectivity index is 2.05. The van der Waals surface area contributed by atoms with Crippen LogP contribution in [0.3, 0.4) is 0 Å². The minimum absolute atomic E-state index is 0.000511. The molecule has 1 aromatic heterocycles. The fourth-order valence-electron chi connectivity index (χ4n) is 2.45. The molecule has 1 amide bonds. The average molecular weight is 299 g/mol. The van der Waals surface area contributed by atoms with E-state index in [1.165, 1.54) is 0 Å². The lowest BCUT2D eigenvalue weighted by Crippen LogP contribution is -2.18. The smallest absolute Gasteiger partial charge is 0.227 e. The number of methoxy groups -OCH3 is 1. The third-order valence-corrected chi connectivity index (χ3v) is 3.91. The van der Waals surface area contributed by atoms with Crippen LogP contribution in [0.2, 0.25) is 0 Å². The van der Waals surface area contributed by atoms with Crippen molar-refractivity contribution in [3.8, 4) is 17.0 Å². The first-order valence-electron chi connectivity index (χ1n) is 7.64. The molecule has 1 aliphatic rings. The largest absolute Gasteiger partial charge is 0.496 e. The molecular weight excluding hydrogens is 278 g/mol. The highest BCUT2D eigenvalue weighted by Gasteiger charge is 2.31. The van der Waals surface area contributed by atoms with Crippen LogP contribution in [-0.2, 0) is 4.79 Å². The fourth-order valence-corrected chi connectivity index (χ4v) is 2.45. The second-order valence-electron chi connectivity index (χ2n) is 5.98. The molecule has 0 bridgehead atoms. The first-order chi connectivity index (χ1) is 10.6. The van der Waals surface area contributed by atoms with Gasteiger partial charge in [-0.25, -0.2) is 0 Å². The number of hydrogen-bond acceptors (Lipinski definition) is 3. The standard InChI is InChI=1S/C17H21N3O2/c1-10(2)17(21)18-16-14(11-8-9-11)19-20-15(16)12-6-4-5-7-13(12)22-3/h4-7,10-11H,8-9H2,1-3H3,(H,18,21)(H,19,20). The van der Waals surface area contributed by atoms with Gasteiger partial charge in [0.2, 0.25) is 5.91 Å². The topological polar surface area (TPSA) is 67.0 Å². The van der Waals surface area contributed by atoms with Crippen molar-refractivity contribution in [2.75, 3.05) is 12.4 Å². The second-order valence-corrected chi connectivity index (χ2v) is 5.98. The van der Waals surface area contributed by atoms with Crippen LogP contribution in [0, 0.1) is 5.92 Å². The van der Waals surface area contributed by atoms with E-state index in [2.05, 4.69) is 15.5 Å². The number of hydrogen-bond donors (Lipinski definition) is 2. The van der Waals surface area contributed by atoms with Gasteiger partial charge in [-0.3, -0.25) is 9.89 Å². The second kappa shape index (κ2) is 5.83. The van der Waals surface area contributed by atoms with Crippen LogP contribution < -0.4 is 10.1 Å². The van der Waals surface area contributed by atoms with E-state index in [4.69, 9.17) is 4.74 Å². The normalized spacial score (nSPS) is 14.2. The minimum atomic E-state index is -0.0764. The summed E-state index contributed by atoms with van der Waals surface area (Å²) in [6, 6.07) is 7.71. The van der Waals surface area contributed by atoms with E-state index in [1.54, 1.807) is 7.11 Å². The Bertz CT molecular complexity index is 687. The van der Waals surface area contributed by atoms with Gasteiger partial charge < -0.3 is 10.1 Å². The van der Waals surface area contributed by atoms with E-state index in [1.807, 2.05) is 38.1 Å². The predicted octanol–water partition coefficient (Wildman–Crippen LogP) is 3.56. The molecule has 22 heavy (non-hydrogen) atoms. The van der Waals surface area contributed by atoms with E-state index in [-0.39, 0.29) is 11.8 Å². The minimum Gasteiger partial charge on any atom is -0.496 e. The molecule has 1 aromatic carbocycles. The SMILES string of the molecule is COc1ccccc1-c1n[nH]c(C2CC2)c1NC(=O)C(C)C.